The summed E-state index contributed by atoms with van der Waals surface area (Å²) >= 11 is 0. The van der Waals surface area contributed by atoms with E-state index < -0.39 is 10.0 Å². The molecule has 7 nitrogen and oxygen atoms in total. The molecule has 0 aromatic heterocycles. The smallest absolute Gasteiger partial charge is 0.251 e. The lowest BCUT2D eigenvalue weighted by Gasteiger charge is -2.34. The lowest BCUT2D eigenvalue weighted by molar-refractivity contribution is 0.0936. The van der Waals surface area contributed by atoms with Crippen molar-refractivity contribution in [1.82, 2.24) is 15.1 Å². The third-order valence-electron chi connectivity index (χ3n) is 5.32. The van der Waals surface area contributed by atoms with Crippen LogP contribution in [-0.4, -0.2) is 82.7 Å². The number of fused-ring (bicyclic) bond motifs is 1. The third kappa shape index (κ3) is 5.00. The van der Waals surface area contributed by atoms with E-state index in [9.17, 15) is 13.2 Å². The number of sulfonamides is 1. The first-order valence-electron chi connectivity index (χ1n) is 9.72. The molecule has 2 heterocycles. The zero-order chi connectivity index (χ0) is 19.4. The van der Waals surface area contributed by atoms with Crippen molar-refractivity contribution in [2.75, 3.05) is 62.9 Å². The fraction of sp³-hybridized carbons (Fsp3) is 0.632. The van der Waals surface area contributed by atoms with E-state index in [0.717, 1.165) is 44.8 Å². The molecule has 0 saturated carbocycles. The molecular formula is C19H30N4O3S. The first kappa shape index (κ1) is 20.1. The van der Waals surface area contributed by atoms with Crippen molar-refractivity contribution in [3.05, 3.63) is 29.3 Å². The van der Waals surface area contributed by atoms with E-state index in [0.29, 0.717) is 30.8 Å². The maximum absolute atomic E-state index is 12.5. The van der Waals surface area contributed by atoms with Gasteiger partial charge in [0.2, 0.25) is 10.0 Å². The Morgan fingerprint density at radius 1 is 1.07 bits per heavy atom. The van der Waals surface area contributed by atoms with Crippen LogP contribution in [-0.2, 0) is 16.4 Å². The highest BCUT2D eigenvalue weighted by molar-refractivity contribution is 7.92. The largest absolute Gasteiger partial charge is 0.351 e. The average Bonchev–Trinajstić information content (AvgIpc) is 3.07. The topological polar surface area (TPSA) is 73.0 Å². The molecule has 1 saturated heterocycles. The SMILES string of the molecule is CCCN1CCN(CCNC(=O)c2ccc3c(c2)N(S(C)(=O)=O)CC3)CC1. The summed E-state index contributed by atoms with van der Waals surface area (Å²) in [5, 5.41) is 2.97. The number of hydrogen-bond acceptors (Lipinski definition) is 5. The van der Waals surface area contributed by atoms with Crippen LogP contribution in [0.1, 0.15) is 29.3 Å². The molecule has 0 radical (unpaired) electrons. The summed E-state index contributed by atoms with van der Waals surface area (Å²) in [4.78, 5) is 17.3. The number of nitrogens with one attached hydrogen (secondary N) is 1. The quantitative estimate of drug-likeness (QED) is 0.739. The van der Waals surface area contributed by atoms with Gasteiger partial charge in [0.15, 0.2) is 0 Å². The van der Waals surface area contributed by atoms with Gasteiger partial charge < -0.3 is 10.2 Å². The van der Waals surface area contributed by atoms with Crippen molar-refractivity contribution in [1.29, 1.82) is 0 Å². The van der Waals surface area contributed by atoms with Gasteiger partial charge in [0.25, 0.3) is 5.91 Å². The first-order chi connectivity index (χ1) is 12.9. The minimum absolute atomic E-state index is 0.150. The Kier molecular flexibility index (Phi) is 6.39. The minimum atomic E-state index is -3.31. The van der Waals surface area contributed by atoms with E-state index in [4.69, 9.17) is 0 Å². The van der Waals surface area contributed by atoms with Crippen LogP contribution in [0, 0.1) is 0 Å². The summed E-state index contributed by atoms with van der Waals surface area (Å²) in [6.45, 7) is 9.51. The molecule has 150 valence electrons. The molecule has 1 amide bonds. The number of anilines is 1. The first-order valence-corrected chi connectivity index (χ1v) is 11.6. The summed E-state index contributed by atoms with van der Waals surface area (Å²) < 4.78 is 25.2. The normalized spacial score (nSPS) is 18.5. The number of piperazine rings is 1. The van der Waals surface area contributed by atoms with Crippen LogP contribution in [0.2, 0.25) is 0 Å². The van der Waals surface area contributed by atoms with Gasteiger partial charge in [-0.25, -0.2) is 8.42 Å². The summed E-state index contributed by atoms with van der Waals surface area (Å²) in [5.41, 5.74) is 2.12. The Labute approximate surface area is 162 Å². The number of carbonyl (C=O) groups is 1. The molecule has 1 fully saturated rings. The van der Waals surface area contributed by atoms with Crippen LogP contribution in [0.4, 0.5) is 5.69 Å². The van der Waals surface area contributed by atoms with Crippen LogP contribution in [0.25, 0.3) is 0 Å². The van der Waals surface area contributed by atoms with E-state index in [2.05, 4.69) is 22.0 Å². The van der Waals surface area contributed by atoms with Gasteiger partial charge in [0, 0.05) is 51.4 Å². The van der Waals surface area contributed by atoms with Crippen molar-refractivity contribution in [3.8, 4) is 0 Å². The Bertz CT molecular complexity index is 773. The maximum Gasteiger partial charge on any atom is 0.251 e. The molecule has 2 aliphatic heterocycles. The molecule has 0 spiro atoms. The van der Waals surface area contributed by atoms with Crippen LogP contribution in [0.5, 0.6) is 0 Å². The van der Waals surface area contributed by atoms with Crippen LogP contribution < -0.4 is 9.62 Å². The molecule has 2 aliphatic rings. The van der Waals surface area contributed by atoms with Gasteiger partial charge >= 0.3 is 0 Å². The second kappa shape index (κ2) is 8.58. The van der Waals surface area contributed by atoms with Gasteiger partial charge in [-0.1, -0.05) is 13.0 Å². The van der Waals surface area contributed by atoms with Gasteiger partial charge in [0.1, 0.15) is 0 Å². The molecule has 1 aromatic rings. The van der Waals surface area contributed by atoms with Gasteiger partial charge in [0.05, 0.1) is 11.9 Å². The molecule has 27 heavy (non-hydrogen) atoms. The summed E-state index contributed by atoms with van der Waals surface area (Å²) in [5.74, 6) is -0.150. The highest BCUT2D eigenvalue weighted by Crippen LogP contribution is 2.30. The van der Waals surface area contributed by atoms with Gasteiger partial charge in [-0.2, -0.15) is 0 Å². The van der Waals surface area contributed by atoms with Crippen molar-refractivity contribution in [2.24, 2.45) is 0 Å². The Hall–Kier alpha value is -1.64. The molecule has 0 aliphatic carbocycles. The molecule has 1 aromatic carbocycles. The van der Waals surface area contributed by atoms with Crippen molar-refractivity contribution >= 4 is 21.6 Å². The fourth-order valence-corrected chi connectivity index (χ4v) is 4.77. The Morgan fingerprint density at radius 3 is 2.37 bits per heavy atom. The van der Waals surface area contributed by atoms with Crippen molar-refractivity contribution < 1.29 is 13.2 Å². The minimum Gasteiger partial charge on any atom is -0.351 e. The maximum atomic E-state index is 12.5. The highest BCUT2D eigenvalue weighted by atomic mass is 32.2. The van der Waals surface area contributed by atoms with Gasteiger partial charge in [-0.3, -0.25) is 14.0 Å². The lowest BCUT2D eigenvalue weighted by atomic mass is 10.1. The highest BCUT2D eigenvalue weighted by Gasteiger charge is 2.27. The molecule has 1 N–H and O–H groups in total. The van der Waals surface area contributed by atoms with Crippen LogP contribution in [0.3, 0.4) is 0 Å². The standard InChI is InChI=1S/C19H30N4O3S/c1-3-8-21-11-13-22(14-12-21)10-7-20-19(24)17-5-4-16-6-9-23(18(16)15-17)27(2,25)26/h4-5,15H,3,6-14H2,1-2H3,(H,20,24). The number of benzene rings is 1. The van der Waals surface area contributed by atoms with E-state index in [-0.39, 0.29) is 5.91 Å². The molecule has 8 heteroatoms. The molecular weight excluding hydrogens is 364 g/mol. The third-order valence-corrected chi connectivity index (χ3v) is 6.50. The lowest BCUT2D eigenvalue weighted by Crippen LogP contribution is -2.48. The van der Waals surface area contributed by atoms with E-state index in [1.807, 2.05) is 6.07 Å². The molecule has 0 atom stereocenters. The second-order valence-electron chi connectivity index (χ2n) is 7.37. The number of rotatable bonds is 7. The zero-order valence-electron chi connectivity index (χ0n) is 16.3. The summed E-state index contributed by atoms with van der Waals surface area (Å²) in [6.07, 6.45) is 3.08. The van der Waals surface area contributed by atoms with Crippen LogP contribution in [0.15, 0.2) is 18.2 Å². The molecule has 0 bridgehead atoms. The summed E-state index contributed by atoms with van der Waals surface area (Å²) in [7, 11) is -3.31. The molecule has 0 unspecified atom stereocenters. The zero-order valence-corrected chi connectivity index (χ0v) is 17.1. The number of amides is 1. The monoisotopic (exact) mass is 394 g/mol. The predicted molar refractivity (Wildman–Crippen MR) is 108 cm³/mol. The fourth-order valence-electron chi connectivity index (χ4n) is 3.82. The van der Waals surface area contributed by atoms with Gasteiger partial charge in [-0.15, -0.1) is 0 Å². The van der Waals surface area contributed by atoms with E-state index in [1.54, 1.807) is 12.1 Å². The second-order valence-corrected chi connectivity index (χ2v) is 9.27. The average molecular weight is 395 g/mol. The number of carbonyl (C=O) groups excluding carboxylic acids is 1. The summed E-state index contributed by atoms with van der Waals surface area (Å²) in [6, 6.07) is 5.34. The Morgan fingerprint density at radius 2 is 1.74 bits per heavy atom. The van der Waals surface area contributed by atoms with Crippen molar-refractivity contribution in [3.63, 3.8) is 0 Å². The van der Waals surface area contributed by atoms with Crippen molar-refractivity contribution in [2.45, 2.75) is 19.8 Å². The molecule has 3 rings (SSSR count). The number of hydrogen-bond donors (Lipinski definition) is 1. The Balaban J connectivity index is 1.51. The number of nitrogens with zero attached hydrogens (tertiary/aromatic N) is 3. The van der Waals surface area contributed by atoms with Crippen LogP contribution >= 0.6 is 0 Å². The predicted octanol–water partition coefficient (Wildman–Crippen LogP) is 0.766. The van der Waals surface area contributed by atoms with E-state index in [1.165, 1.54) is 17.0 Å². The van der Waals surface area contributed by atoms with E-state index >= 15 is 0 Å². The van der Waals surface area contributed by atoms with Gasteiger partial charge in [-0.05, 0) is 37.1 Å².